The minimum absolute atomic E-state index is 0.0490. The maximum atomic E-state index is 12.2. The maximum absolute atomic E-state index is 12.2. The summed E-state index contributed by atoms with van der Waals surface area (Å²) in [7, 11) is 0. The number of hydrogen-bond acceptors (Lipinski definition) is 7. The quantitative estimate of drug-likeness (QED) is 0.599. The highest BCUT2D eigenvalue weighted by Crippen LogP contribution is 2.30. The van der Waals surface area contributed by atoms with Gasteiger partial charge in [-0.15, -0.1) is 0 Å². The Hall–Kier alpha value is -3.59. The monoisotopic (exact) mass is 428 g/mol. The molecule has 2 N–H and O–H groups in total. The molecule has 1 unspecified atom stereocenters. The molecule has 2 aromatic carbocycles. The van der Waals surface area contributed by atoms with Crippen LogP contribution in [-0.2, 0) is 16.0 Å². The molecule has 3 aromatic rings. The predicted molar refractivity (Wildman–Crippen MR) is 106 cm³/mol. The molecule has 4 rings (SSSR count). The van der Waals surface area contributed by atoms with Crippen LogP contribution < -0.4 is 20.3 Å². The number of nitrogens with zero attached hydrogens (tertiary/aromatic N) is 2. The van der Waals surface area contributed by atoms with Gasteiger partial charge >= 0.3 is 0 Å². The fourth-order valence-corrected chi connectivity index (χ4v) is 2.84. The molecule has 2 heterocycles. The van der Waals surface area contributed by atoms with Crippen LogP contribution in [-0.4, -0.2) is 34.7 Å². The van der Waals surface area contributed by atoms with Gasteiger partial charge in [-0.1, -0.05) is 28.9 Å². The largest absolute Gasteiger partial charge is 0.485 e. The Morgan fingerprint density at radius 3 is 2.63 bits per heavy atom. The van der Waals surface area contributed by atoms with Gasteiger partial charge in [0, 0.05) is 23.4 Å². The van der Waals surface area contributed by atoms with Crippen molar-refractivity contribution < 1.29 is 23.6 Å². The summed E-state index contributed by atoms with van der Waals surface area (Å²) < 4.78 is 16.2. The third-order valence-electron chi connectivity index (χ3n) is 4.26. The van der Waals surface area contributed by atoms with Crippen molar-refractivity contribution >= 4 is 23.4 Å². The van der Waals surface area contributed by atoms with Crippen molar-refractivity contribution in [1.82, 2.24) is 21.0 Å². The minimum atomic E-state index is -0.863. The molecule has 1 aromatic heterocycles. The summed E-state index contributed by atoms with van der Waals surface area (Å²) in [5.41, 5.74) is 5.43. The van der Waals surface area contributed by atoms with Gasteiger partial charge in [0.25, 0.3) is 5.91 Å². The number of aryl methyl sites for hydroxylation is 1. The number of carbonyl (C=O) groups excluding carboxylic acids is 2. The van der Waals surface area contributed by atoms with Gasteiger partial charge < -0.3 is 14.0 Å². The van der Waals surface area contributed by atoms with Crippen LogP contribution in [0.15, 0.2) is 53.1 Å². The van der Waals surface area contributed by atoms with E-state index in [1.807, 2.05) is 6.07 Å². The van der Waals surface area contributed by atoms with Gasteiger partial charge in [0.2, 0.25) is 23.7 Å². The topological polar surface area (TPSA) is 116 Å². The van der Waals surface area contributed by atoms with Gasteiger partial charge in [-0.25, -0.2) is 0 Å². The molecule has 154 valence electrons. The number of benzene rings is 2. The first-order chi connectivity index (χ1) is 14.6. The molecule has 30 heavy (non-hydrogen) atoms. The van der Waals surface area contributed by atoms with Gasteiger partial charge in [0.1, 0.15) is 6.61 Å². The van der Waals surface area contributed by atoms with Crippen LogP contribution in [0.4, 0.5) is 0 Å². The molecule has 0 saturated heterocycles. The average Bonchev–Trinajstić information content (AvgIpc) is 3.25. The number of ether oxygens (including phenoxy) is 2. The molecule has 0 fully saturated rings. The standard InChI is InChI=1S/C20H17ClN4O5/c21-13-7-5-12(6-8-13)19-22-18(30-25-19)10-9-17(26)23-24-20(27)16-11-28-14-3-1-2-4-15(14)29-16/h1-8,16H,9-11H2,(H,23,26)(H,24,27). The molecule has 0 radical (unpaired) electrons. The number of rotatable bonds is 5. The first kappa shape index (κ1) is 19.7. The van der Waals surface area contributed by atoms with E-state index in [1.54, 1.807) is 42.5 Å². The second kappa shape index (κ2) is 8.83. The average molecular weight is 429 g/mol. The number of hydrogen-bond donors (Lipinski definition) is 2. The van der Waals surface area contributed by atoms with Crippen LogP contribution in [0.2, 0.25) is 5.02 Å². The lowest BCUT2D eigenvalue weighted by Crippen LogP contribution is -2.50. The van der Waals surface area contributed by atoms with E-state index in [1.165, 1.54) is 0 Å². The number of aromatic nitrogens is 2. The second-order valence-electron chi connectivity index (χ2n) is 6.42. The second-order valence-corrected chi connectivity index (χ2v) is 6.86. The van der Waals surface area contributed by atoms with E-state index < -0.39 is 17.9 Å². The number of carbonyl (C=O) groups is 2. The Balaban J connectivity index is 1.23. The zero-order chi connectivity index (χ0) is 20.9. The highest BCUT2D eigenvalue weighted by Gasteiger charge is 2.27. The first-order valence-corrected chi connectivity index (χ1v) is 9.52. The highest BCUT2D eigenvalue weighted by molar-refractivity contribution is 6.30. The minimum Gasteiger partial charge on any atom is -0.485 e. The van der Waals surface area contributed by atoms with E-state index in [4.69, 9.17) is 25.6 Å². The van der Waals surface area contributed by atoms with E-state index in [-0.39, 0.29) is 19.4 Å². The SMILES string of the molecule is O=C(CCc1nc(-c2ccc(Cl)cc2)no1)NNC(=O)C1COc2ccccc2O1. The van der Waals surface area contributed by atoms with Crippen molar-refractivity contribution in [1.29, 1.82) is 0 Å². The van der Waals surface area contributed by atoms with E-state index in [9.17, 15) is 9.59 Å². The fraction of sp³-hybridized carbons (Fsp3) is 0.200. The van der Waals surface area contributed by atoms with Gasteiger partial charge in [-0.2, -0.15) is 4.98 Å². The Morgan fingerprint density at radius 1 is 1.07 bits per heavy atom. The zero-order valence-electron chi connectivity index (χ0n) is 15.6. The van der Waals surface area contributed by atoms with E-state index in [0.29, 0.717) is 28.2 Å². The number of hydrazine groups is 1. The van der Waals surface area contributed by atoms with Crippen molar-refractivity contribution in [3.63, 3.8) is 0 Å². The Bertz CT molecular complexity index is 1050. The molecule has 2 amide bonds. The van der Waals surface area contributed by atoms with E-state index in [0.717, 1.165) is 5.56 Å². The van der Waals surface area contributed by atoms with Crippen molar-refractivity contribution in [3.8, 4) is 22.9 Å². The molecule has 1 aliphatic rings. The van der Waals surface area contributed by atoms with Crippen molar-refractivity contribution in [2.45, 2.75) is 18.9 Å². The van der Waals surface area contributed by atoms with Crippen molar-refractivity contribution in [2.75, 3.05) is 6.61 Å². The van der Waals surface area contributed by atoms with Gasteiger partial charge in [0.15, 0.2) is 11.5 Å². The molecule has 9 nitrogen and oxygen atoms in total. The predicted octanol–water partition coefficient (Wildman–Crippen LogP) is 2.31. The van der Waals surface area contributed by atoms with Crippen molar-refractivity contribution in [2.24, 2.45) is 0 Å². The molecular weight excluding hydrogens is 412 g/mol. The first-order valence-electron chi connectivity index (χ1n) is 9.14. The molecule has 0 aliphatic carbocycles. The zero-order valence-corrected chi connectivity index (χ0v) is 16.4. The lowest BCUT2D eigenvalue weighted by Gasteiger charge is -2.25. The summed E-state index contributed by atoms with van der Waals surface area (Å²) >= 11 is 5.86. The molecular formula is C20H17ClN4O5. The Labute approximate surface area is 176 Å². The summed E-state index contributed by atoms with van der Waals surface area (Å²) in [6, 6.07) is 14.0. The summed E-state index contributed by atoms with van der Waals surface area (Å²) in [6.45, 7) is 0.0498. The van der Waals surface area contributed by atoms with Crippen LogP contribution in [0.5, 0.6) is 11.5 Å². The molecule has 1 atom stereocenters. The lowest BCUT2D eigenvalue weighted by atomic mass is 10.2. The smallest absolute Gasteiger partial charge is 0.283 e. The highest BCUT2D eigenvalue weighted by atomic mass is 35.5. The van der Waals surface area contributed by atoms with E-state index >= 15 is 0 Å². The van der Waals surface area contributed by atoms with Gasteiger partial charge in [-0.3, -0.25) is 20.4 Å². The molecule has 0 saturated carbocycles. The summed E-state index contributed by atoms with van der Waals surface area (Å²) in [5.74, 6) is 0.839. The number of para-hydroxylation sites is 2. The van der Waals surface area contributed by atoms with Gasteiger partial charge in [-0.05, 0) is 36.4 Å². The van der Waals surface area contributed by atoms with E-state index in [2.05, 4.69) is 21.0 Å². The van der Waals surface area contributed by atoms with Crippen LogP contribution in [0.25, 0.3) is 11.4 Å². The van der Waals surface area contributed by atoms with Crippen LogP contribution in [0, 0.1) is 0 Å². The van der Waals surface area contributed by atoms with Crippen LogP contribution in [0.3, 0.4) is 0 Å². The number of amides is 2. The third kappa shape index (κ3) is 4.69. The number of halogens is 1. The van der Waals surface area contributed by atoms with Crippen LogP contribution in [0.1, 0.15) is 12.3 Å². The molecule has 1 aliphatic heterocycles. The summed E-state index contributed by atoms with van der Waals surface area (Å²) in [6.07, 6.45) is -0.593. The number of nitrogens with one attached hydrogen (secondary N) is 2. The molecule has 0 spiro atoms. The Kier molecular flexibility index (Phi) is 5.80. The fourth-order valence-electron chi connectivity index (χ4n) is 2.72. The third-order valence-corrected chi connectivity index (χ3v) is 4.51. The lowest BCUT2D eigenvalue weighted by molar-refractivity contribution is -0.135. The van der Waals surface area contributed by atoms with Gasteiger partial charge in [0.05, 0.1) is 0 Å². The van der Waals surface area contributed by atoms with Crippen LogP contribution >= 0.6 is 11.6 Å². The Morgan fingerprint density at radius 2 is 1.83 bits per heavy atom. The molecule has 0 bridgehead atoms. The normalized spacial score (nSPS) is 14.8. The maximum Gasteiger partial charge on any atom is 0.283 e. The number of fused-ring (bicyclic) bond motifs is 1. The summed E-state index contributed by atoms with van der Waals surface area (Å²) in [4.78, 5) is 28.5. The summed E-state index contributed by atoms with van der Waals surface area (Å²) in [5, 5.41) is 4.49. The molecule has 10 heteroatoms. The van der Waals surface area contributed by atoms with Crippen molar-refractivity contribution in [3.05, 3.63) is 59.4 Å².